The van der Waals surface area contributed by atoms with E-state index in [1.54, 1.807) is 19.2 Å². The maximum atomic E-state index is 11.9. The lowest BCUT2D eigenvalue weighted by atomic mass is 10.0. The Labute approximate surface area is 120 Å². The zero-order chi connectivity index (χ0) is 15.0. The third kappa shape index (κ3) is 5.19. The van der Waals surface area contributed by atoms with Crippen LogP contribution in [-0.2, 0) is 4.79 Å². The molecular weight excluding hydrogens is 256 g/mol. The van der Waals surface area contributed by atoms with Crippen LogP contribution in [0.5, 0.6) is 5.75 Å². The average Bonchev–Trinajstić information content (AvgIpc) is 2.43. The summed E-state index contributed by atoms with van der Waals surface area (Å²) < 4.78 is 5.18. The summed E-state index contributed by atoms with van der Waals surface area (Å²) in [4.78, 5) is 11.9. The molecule has 1 amide bonds. The van der Waals surface area contributed by atoms with Gasteiger partial charge in [-0.25, -0.2) is 0 Å². The fourth-order valence-electron chi connectivity index (χ4n) is 1.98. The lowest BCUT2D eigenvalue weighted by Gasteiger charge is -2.21. The number of hydrogen-bond acceptors (Lipinski definition) is 4. The van der Waals surface area contributed by atoms with E-state index in [1.165, 1.54) is 0 Å². The van der Waals surface area contributed by atoms with Crippen LogP contribution in [0.2, 0.25) is 0 Å². The molecule has 0 aromatic heterocycles. The number of aliphatic hydroxyl groups excluding tert-OH is 1. The molecule has 1 aromatic carbocycles. The minimum atomic E-state index is -0.127. The Kier molecular flexibility index (Phi) is 7.04. The maximum Gasteiger partial charge on any atom is 0.238 e. The van der Waals surface area contributed by atoms with E-state index in [2.05, 4.69) is 24.5 Å². The molecule has 0 aliphatic carbocycles. The van der Waals surface area contributed by atoms with Crippen LogP contribution in [0.1, 0.15) is 20.3 Å². The van der Waals surface area contributed by atoms with E-state index in [-0.39, 0.29) is 25.1 Å². The van der Waals surface area contributed by atoms with Crippen molar-refractivity contribution in [3.05, 3.63) is 24.3 Å². The highest BCUT2D eigenvalue weighted by Gasteiger charge is 2.14. The summed E-state index contributed by atoms with van der Waals surface area (Å²) in [6.45, 7) is 4.45. The lowest BCUT2D eigenvalue weighted by Crippen LogP contribution is -2.39. The summed E-state index contributed by atoms with van der Waals surface area (Å²) in [5, 5.41) is 15.0. The van der Waals surface area contributed by atoms with Crippen LogP contribution in [0.15, 0.2) is 24.3 Å². The molecule has 112 valence electrons. The third-order valence-electron chi connectivity index (χ3n) is 3.15. The van der Waals surface area contributed by atoms with E-state index in [4.69, 9.17) is 9.84 Å². The van der Waals surface area contributed by atoms with Crippen LogP contribution in [0.25, 0.3) is 0 Å². The second-order valence-corrected chi connectivity index (χ2v) is 4.99. The number of anilines is 1. The van der Waals surface area contributed by atoms with Gasteiger partial charge in [0.25, 0.3) is 0 Å². The zero-order valence-electron chi connectivity index (χ0n) is 12.3. The van der Waals surface area contributed by atoms with Crippen LogP contribution in [0, 0.1) is 5.92 Å². The topological polar surface area (TPSA) is 70.6 Å². The number of hydrogen-bond donors (Lipinski definition) is 3. The van der Waals surface area contributed by atoms with Gasteiger partial charge < -0.3 is 20.5 Å². The standard InChI is InChI=1S/C15H24N2O3/c1-11(2)12(8-9-18)16-10-15(19)17-13-6-4-5-7-14(13)20-3/h4-7,11-12,16,18H,8-10H2,1-3H3,(H,17,19). The summed E-state index contributed by atoms with van der Waals surface area (Å²) in [7, 11) is 1.57. The van der Waals surface area contributed by atoms with E-state index in [1.807, 2.05) is 12.1 Å². The number of para-hydroxylation sites is 2. The Morgan fingerprint density at radius 3 is 2.65 bits per heavy atom. The van der Waals surface area contributed by atoms with Gasteiger partial charge in [0.1, 0.15) is 5.75 Å². The van der Waals surface area contributed by atoms with Gasteiger partial charge in [0, 0.05) is 12.6 Å². The van der Waals surface area contributed by atoms with Crippen LogP contribution >= 0.6 is 0 Å². The molecule has 5 nitrogen and oxygen atoms in total. The van der Waals surface area contributed by atoms with Crippen molar-refractivity contribution in [2.75, 3.05) is 25.6 Å². The highest BCUT2D eigenvalue weighted by atomic mass is 16.5. The van der Waals surface area contributed by atoms with Gasteiger partial charge in [0.05, 0.1) is 19.3 Å². The SMILES string of the molecule is COc1ccccc1NC(=O)CNC(CCO)C(C)C. The van der Waals surface area contributed by atoms with Gasteiger partial charge in [-0.05, 0) is 24.5 Å². The Balaban J connectivity index is 2.51. The number of amides is 1. The average molecular weight is 280 g/mol. The van der Waals surface area contributed by atoms with E-state index in [0.29, 0.717) is 23.8 Å². The minimum absolute atomic E-state index is 0.115. The van der Waals surface area contributed by atoms with Crippen LogP contribution in [0.4, 0.5) is 5.69 Å². The number of aliphatic hydroxyl groups is 1. The fraction of sp³-hybridized carbons (Fsp3) is 0.533. The monoisotopic (exact) mass is 280 g/mol. The van der Waals surface area contributed by atoms with Gasteiger partial charge in [0.2, 0.25) is 5.91 Å². The van der Waals surface area contributed by atoms with Gasteiger partial charge in [-0.2, -0.15) is 0 Å². The first-order valence-corrected chi connectivity index (χ1v) is 6.85. The van der Waals surface area contributed by atoms with Crippen molar-refractivity contribution in [2.45, 2.75) is 26.3 Å². The second-order valence-electron chi connectivity index (χ2n) is 4.99. The molecule has 20 heavy (non-hydrogen) atoms. The van der Waals surface area contributed by atoms with E-state index < -0.39 is 0 Å². The van der Waals surface area contributed by atoms with Crippen molar-refractivity contribution >= 4 is 11.6 Å². The van der Waals surface area contributed by atoms with Crippen LogP contribution in [-0.4, -0.2) is 37.3 Å². The molecule has 0 aliphatic rings. The highest BCUT2D eigenvalue weighted by Crippen LogP contribution is 2.22. The van der Waals surface area contributed by atoms with E-state index >= 15 is 0 Å². The smallest absolute Gasteiger partial charge is 0.238 e. The van der Waals surface area contributed by atoms with Crippen molar-refractivity contribution in [1.82, 2.24) is 5.32 Å². The first-order chi connectivity index (χ1) is 9.58. The first kappa shape index (κ1) is 16.5. The highest BCUT2D eigenvalue weighted by molar-refractivity contribution is 5.93. The lowest BCUT2D eigenvalue weighted by molar-refractivity contribution is -0.115. The minimum Gasteiger partial charge on any atom is -0.495 e. The molecule has 0 saturated heterocycles. The molecule has 1 atom stereocenters. The molecule has 1 aromatic rings. The molecule has 1 rings (SSSR count). The van der Waals surface area contributed by atoms with Crippen molar-refractivity contribution in [2.24, 2.45) is 5.92 Å². The van der Waals surface area contributed by atoms with Crippen molar-refractivity contribution in [1.29, 1.82) is 0 Å². The van der Waals surface area contributed by atoms with Crippen LogP contribution in [0.3, 0.4) is 0 Å². The van der Waals surface area contributed by atoms with Crippen molar-refractivity contribution in [3.8, 4) is 5.75 Å². The quantitative estimate of drug-likeness (QED) is 0.677. The number of nitrogens with one attached hydrogen (secondary N) is 2. The summed E-state index contributed by atoms with van der Waals surface area (Å²) in [6.07, 6.45) is 0.638. The predicted molar refractivity (Wildman–Crippen MR) is 80.0 cm³/mol. The number of benzene rings is 1. The molecule has 0 heterocycles. The Bertz CT molecular complexity index is 421. The molecule has 3 N–H and O–H groups in total. The molecule has 0 aliphatic heterocycles. The van der Waals surface area contributed by atoms with Gasteiger partial charge in [0.15, 0.2) is 0 Å². The first-order valence-electron chi connectivity index (χ1n) is 6.85. The molecular formula is C15H24N2O3. The maximum absolute atomic E-state index is 11.9. The molecule has 0 bridgehead atoms. The van der Waals surface area contributed by atoms with Gasteiger partial charge >= 0.3 is 0 Å². The van der Waals surface area contributed by atoms with E-state index in [0.717, 1.165) is 0 Å². The number of carbonyl (C=O) groups excluding carboxylic acids is 1. The van der Waals surface area contributed by atoms with Crippen molar-refractivity contribution < 1.29 is 14.6 Å². The number of rotatable bonds is 8. The molecule has 1 unspecified atom stereocenters. The summed E-state index contributed by atoms with van der Waals surface area (Å²) >= 11 is 0. The molecule has 5 heteroatoms. The summed E-state index contributed by atoms with van der Waals surface area (Å²) in [5.74, 6) is 0.871. The van der Waals surface area contributed by atoms with Gasteiger partial charge in [-0.3, -0.25) is 4.79 Å². The summed E-state index contributed by atoms with van der Waals surface area (Å²) in [6, 6.07) is 7.41. The predicted octanol–water partition coefficient (Wildman–Crippen LogP) is 1.63. The Morgan fingerprint density at radius 1 is 1.35 bits per heavy atom. The summed E-state index contributed by atoms with van der Waals surface area (Å²) in [5.41, 5.74) is 0.657. The van der Waals surface area contributed by atoms with Crippen molar-refractivity contribution in [3.63, 3.8) is 0 Å². The number of methoxy groups -OCH3 is 1. The molecule has 0 saturated carbocycles. The normalized spacial score (nSPS) is 12.2. The zero-order valence-corrected chi connectivity index (χ0v) is 12.3. The second kappa shape index (κ2) is 8.55. The molecule has 0 radical (unpaired) electrons. The molecule has 0 spiro atoms. The largest absolute Gasteiger partial charge is 0.495 e. The van der Waals surface area contributed by atoms with E-state index in [9.17, 15) is 4.79 Å². The number of carbonyl (C=O) groups is 1. The third-order valence-corrected chi connectivity index (χ3v) is 3.15. The Hall–Kier alpha value is -1.59. The van der Waals surface area contributed by atoms with Gasteiger partial charge in [-0.1, -0.05) is 26.0 Å². The van der Waals surface area contributed by atoms with Crippen LogP contribution < -0.4 is 15.4 Å². The number of ether oxygens (including phenoxy) is 1. The fourth-order valence-corrected chi connectivity index (χ4v) is 1.98. The van der Waals surface area contributed by atoms with Gasteiger partial charge in [-0.15, -0.1) is 0 Å². The Morgan fingerprint density at radius 2 is 2.05 bits per heavy atom. The molecule has 0 fully saturated rings.